The van der Waals surface area contributed by atoms with Crippen LogP contribution in [0, 0.1) is 11.6 Å². The fraction of sp³-hybridized carbons (Fsp3) is 0.300. The van der Waals surface area contributed by atoms with Crippen molar-refractivity contribution in [3.8, 4) is 0 Å². The number of amides is 2. The first kappa shape index (κ1) is 18.2. The Hall–Kier alpha value is -2.60. The van der Waals surface area contributed by atoms with Crippen molar-refractivity contribution in [3.05, 3.63) is 70.8 Å². The van der Waals surface area contributed by atoms with Crippen LogP contribution in [0.15, 0.2) is 42.5 Å². The van der Waals surface area contributed by atoms with Gasteiger partial charge < -0.3 is 5.32 Å². The van der Waals surface area contributed by atoms with Crippen LogP contribution in [0.3, 0.4) is 0 Å². The molecule has 6 heteroatoms. The summed E-state index contributed by atoms with van der Waals surface area (Å²) in [5, 5.41) is 3.11. The highest BCUT2D eigenvalue weighted by Gasteiger charge is 2.34. The average Bonchev–Trinajstić information content (AvgIpc) is 2.87. The highest BCUT2D eigenvalue weighted by Crippen LogP contribution is 2.22. The molecule has 2 aromatic rings. The van der Waals surface area contributed by atoms with Gasteiger partial charge in [0, 0.05) is 24.7 Å². The topological polar surface area (TPSA) is 49.4 Å². The van der Waals surface area contributed by atoms with E-state index in [-0.39, 0.29) is 11.8 Å². The van der Waals surface area contributed by atoms with Crippen molar-refractivity contribution >= 4 is 11.8 Å². The van der Waals surface area contributed by atoms with Crippen LogP contribution < -0.4 is 5.32 Å². The van der Waals surface area contributed by atoms with Crippen LogP contribution in [0.1, 0.15) is 45.5 Å². The zero-order chi connectivity index (χ0) is 18.5. The number of nitrogens with one attached hydrogen (secondary N) is 1. The number of hydrogen-bond donors (Lipinski definition) is 1. The molecule has 0 saturated heterocycles. The van der Waals surface area contributed by atoms with Crippen molar-refractivity contribution < 1.29 is 18.4 Å². The van der Waals surface area contributed by atoms with Gasteiger partial charge >= 0.3 is 0 Å². The zero-order valence-corrected chi connectivity index (χ0v) is 14.3. The molecule has 0 unspecified atom stereocenters. The molecule has 1 N–H and O–H groups in total. The lowest BCUT2D eigenvalue weighted by atomic mass is 10.1. The van der Waals surface area contributed by atoms with E-state index in [1.807, 2.05) is 0 Å². The number of unbranched alkanes of at least 4 members (excludes halogenated alkanes) is 2. The van der Waals surface area contributed by atoms with E-state index in [2.05, 4.69) is 5.32 Å². The molecule has 0 bridgehead atoms. The van der Waals surface area contributed by atoms with Gasteiger partial charge in [0.1, 0.15) is 11.6 Å². The lowest BCUT2D eigenvalue weighted by molar-refractivity contribution is 0.0651. The van der Waals surface area contributed by atoms with Crippen molar-refractivity contribution in [2.45, 2.75) is 25.8 Å². The second-order valence-corrected chi connectivity index (χ2v) is 6.28. The Morgan fingerprint density at radius 2 is 1.58 bits per heavy atom. The third-order valence-electron chi connectivity index (χ3n) is 4.44. The van der Waals surface area contributed by atoms with E-state index in [0.29, 0.717) is 36.3 Å². The maximum atomic E-state index is 13.5. The molecule has 0 saturated carbocycles. The van der Waals surface area contributed by atoms with Crippen molar-refractivity contribution in [1.29, 1.82) is 0 Å². The van der Waals surface area contributed by atoms with Crippen LogP contribution in [0.5, 0.6) is 0 Å². The molecule has 1 heterocycles. The van der Waals surface area contributed by atoms with Gasteiger partial charge in [-0.3, -0.25) is 14.5 Å². The van der Waals surface area contributed by atoms with E-state index in [0.717, 1.165) is 25.3 Å². The maximum absolute atomic E-state index is 13.5. The van der Waals surface area contributed by atoms with Gasteiger partial charge in [-0.15, -0.1) is 0 Å². The molecular weight excluding hydrogens is 338 g/mol. The lowest BCUT2D eigenvalue weighted by Crippen LogP contribution is -2.30. The summed E-state index contributed by atoms with van der Waals surface area (Å²) in [5.41, 5.74) is 1.37. The van der Waals surface area contributed by atoms with Crippen LogP contribution in [-0.4, -0.2) is 29.8 Å². The minimum absolute atomic E-state index is 0.226. The molecular formula is C20H20F2N2O2. The van der Waals surface area contributed by atoms with E-state index in [1.165, 1.54) is 17.0 Å². The summed E-state index contributed by atoms with van der Waals surface area (Å²) in [4.78, 5) is 25.7. The van der Waals surface area contributed by atoms with Crippen molar-refractivity contribution in [2.24, 2.45) is 0 Å². The number of hydrogen-bond acceptors (Lipinski definition) is 3. The largest absolute Gasteiger partial charge is 0.313 e. The number of carbonyl (C=O) groups excluding carboxylic acids is 2. The van der Waals surface area contributed by atoms with Crippen LogP contribution in [0.25, 0.3) is 0 Å². The number of rotatable bonds is 8. The summed E-state index contributed by atoms with van der Waals surface area (Å²) >= 11 is 0. The van der Waals surface area contributed by atoms with E-state index in [9.17, 15) is 18.4 Å². The molecule has 4 nitrogen and oxygen atoms in total. The Bertz CT molecular complexity index is 788. The summed E-state index contributed by atoms with van der Waals surface area (Å²) in [7, 11) is 0. The monoisotopic (exact) mass is 358 g/mol. The summed E-state index contributed by atoms with van der Waals surface area (Å²) in [5.74, 6) is -1.59. The molecule has 0 aromatic heterocycles. The van der Waals surface area contributed by atoms with Gasteiger partial charge in [0.25, 0.3) is 11.8 Å². The average molecular weight is 358 g/mol. The fourth-order valence-corrected chi connectivity index (χ4v) is 3.03. The van der Waals surface area contributed by atoms with Crippen LogP contribution in [0.2, 0.25) is 0 Å². The van der Waals surface area contributed by atoms with E-state index in [1.54, 1.807) is 24.3 Å². The minimum Gasteiger partial charge on any atom is -0.313 e. The predicted octanol–water partition coefficient (Wildman–Crippen LogP) is 3.52. The Morgan fingerprint density at radius 3 is 2.23 bits per heavy atom. The fourth-order valence-electron chi connectivity index (χ4n) is 3.03. The van der Waals surface area contributed by atoms with E-state index in [4.69, 9.17) is 0 Å². The second kappa shape index (κ2) is 8.19. The molecule has 0 radical (unpaired) electrons. The highest BCUT2D eigenvalue weighted by molar-refractivity contribution is 6.21. The Balaban J connectivity index is 1.35. The van der Waals surface area contributed by atoms with Gasteiger partial charge in [0.2, 0.25) is 0 Å². The quantitative estimate of drug-likeness (QED) is 0.580. The first-order chi connectivity index (χ1) is 12.6. The smallest absolute Gasteiger partial charge is 0.261 e. The van der Waals surface area contributed by atoms with Gasteiger partial charge in [-0.1, -0.05) is 24.6 Å². The molecule has 2 amide bonds. The van der Waals surface area contributed by atoms with Gasteiger partial charge in [-0.2, -0.15) is 0 Å². The first-order valence-corrected chi connectivity index (χ1v) is 8.68. The molecule has 1 aliphatic rings. The molecule has 0 atom stereocenters. The molecule has 136 valence electrons. The van der Waals surface area contributed by atoms with Crippen LogP contribution >= 0.6 is 0 Å². The summed E-state index contributed by atoms with van der Waals surface area (Å²) in [6, 6.07) is 10.4. The maximum Gasteiger partial charge on any atom is 0.261 e. The highest BCUT2D eigenvalue weighted by atomic mass is 19.1. The molecule has 0 aliphatic carbocycles. The zero-order valence-electron chi connectivity index (χ0n) is 14.3. The third kappa shape index (κ3) is 3.96. The van der Waals surface area contributed by atoms with E-state index < -0.39 is 11.6 Å². The van der Waals surface area contributed by atoms with Crippen molar-refractivity contribution in [2.75, 3.05) is 13.1 Å². The molecule has 3 rings (SSSR count). The van der Waals surface area contributed by atoms with Gasteiger partial charge in [0.15, 0.2) is 0 Å². The Kier molecular flexibility index (Phi) is 5.73. The first-order valence-electron chi connectivity index (χ1n) is 8.68. The lowest BCUT2D eigenvalue weighted by Gasteiger charge is -2.13. The Morgan fingerprint density at radius 1 is 0.885 bits per heavy atom. The molecule has 0 fully saturated rings. The number of benzene rings is 2. The standard InChI is InChI=1S/C20H20F2N2O2/c21-15-9-8-14(18(22)12-15)13-23-10-4-1-5-11-24-19(25)16-6-2-3-7-17(16)20(24)26/h2-3,6-9,12,23H,1,4-5,10-11,13H2. The Labute approximate surface area is 150 Å². The normalized spacial score (nSPS) is 13.4. The number of imide groups is 1. The predicted molar refractivity (Wildman–Crippen MR) is 93.7 cm³/mol. The molecule has 1 aliphatic heterocycles. The number of fused-ring (bicyclic) bond motifs is 1. The van der Waals surface area contributed by atoms with Gasteiger partial charge in [0.05, 0.1) is 11.1 Å². The van der Waals surface area contributed by atoms with E-state index >= 15 is 0 Å². The third-order valence-corrected chi connectivity index (χ3v) is 4.44. The number of carbonyl (C=O) groups is 2. The summed E-state index contributed by atoms with van der Waals surface area (Å²) in [6.07, 6.45) is 2.40. The van der Waals surface area contributed by atoms with Gasteiger partial charge in [-0.05, 0) is 37.6 Å². The van der Waals surface area contributed by atoms with Crippen molar-refractivity contribution in [1.82, 2.24) is 10.2 Å². The second-order valence-electron chi connectivity index (χ2n) is 6.28. The van der Waals surface area contributed by atoms with Gasteiger partial charge in [-0.25, -0.2) is 8.78 Å². The molecule has 0 spiro atoms. The molecule has 2 aromatic carbocycles. The van der Waals surface area contributed by atoms with Crippen molar-refractivity contribution in [3.63, 3.8) is 0 Å². The summed E-state index contributed by atoms with van der Waals surface area (Å²) < 4.78 is 26.3. The number of halogens is 2. The minimum atomic E-state index is -0.584. The number of nitrogens with zero attached hydrogens (tertiary/aromatic N) is 1. The SMILES string of the molecule is O=C1c2ccccc2C(=O)N1CCCCCNCc1ccc(F)cc1F. The summed E-state index contributed by atoms with van der Waals surface area (Å²) in [6.45, 7) is 1.42. The molecule has 26 heavy (non-hydrogen) atoms. The van der Waals surface area contributed by atoms with Crippen LogP contribution in [0.4, 0.5) is 8.78 Å². The van der Waals surface area contributed by atoms with Crippen LogP contribution in [-0.2, 0) is 6.54 Å².